The number of fused-ring (bicyclic) bond motifs is 1. The van der Waals surface area contributed by atoms with E-state index in [0.717, 1.165) is 6.42 Å². The van der Waals surface area contributed by atoms with E-state index in [2.05, 4.69) is 9.01 Å². The number of rotatable bonds is 1. The first-order chi connectivity index (χ1) is 8.68. The number of ether oxygens (including phenoxy) is 1. The van der Waals surface area contributed by atoms with Gasteiger partial charge in [-0.3, -0.25) is 0 Å². The summed E-state index contributed by atoms with van der Waals surface area (Å²) < 4.78 is 32.8. The first-order valence-electron chi connectivity index (χ1n) is 5.42. The third-order valence-electron chi connectivity index (χ3n) is 2.79. The van der Waals surface area contributed by atoms with Crippen molar-refractivity contribution in [3.05, 3.63) is 0 Å². The molecule has 2 aliphatic rings. The van der Waals surface area contributed by atoms with Crippen molar-refractivity contribution in [1.82, 2.24) is 9.79 Å². The molecular weight excluding hydrogens is 343 g/mol. The fourth-order valence-corrected chi connectivity index (χ4v) is 3.33. The molecule has 0 bridgehead atoms. The summed E-state index contributed by atoms with van der Waals surface area (Å²) in [5.74, 6) is 0. The lowest BCUT2D eigenvalue weighted by molar-refractivity contribution is -0.0890. The lowest BCUT2D eigenvalue weighted by Gasteiger charge is -2.35. The van der Waals surface area contributed by atoms with E-state index in [9.17, 15) is 13.2 Å². The molecule has 0 aromatic carbocycles. The highest BCUT2D eigenvalue weighted by atomic mass is 35.6. The number of alkyl halides is 3. The van der Waals surface area contributed by atoms with E-state index in [4.69, 9.17) is 39.5 Å². The van der Waals surface area contributed by atoms with Crippen molar-refractivity contribution in [2.24, 2.45) is 0 Å². The Hall–Kier alpha value is 0.01000. The van der Waals surface area contributed by atoms with Crippen LogP contribution in [-0.2, 0) is 19.3 Å². The van der Waals surface area contributed by atoms with Gasteiger partial charge in [0, 0.05) is 6.04 Å². The molecule has 11 heteroatoms. The number of hydroxylamine groups is 2. The van der Waals surface area contributed by atoms with Crippen molar-refractivity contribution in [2.45, 2.75) is 35.1 Å². The zero-order chi connectivity index (χ0) is 14.3. The van der Waals surface area contributed by atoms with Crippen LogP contribution in [-0.4, -0.2) is 42.1 Å². The van der Waals surface area contributed by atoms with Gasteiger partial charge in [0.1, 0.15) is 6.61 Å². The van der Waals surface area contributed by atoms with Crippen LogP contribution in [0.25, 0.3) is 0 Å². The maximum absolute atomic E-state index is 11.8. The van der Waals surface area contributed by atoms with Crippen LogP contribution in [0.1, 0.15) is 19.3 Å². The highest BCUT2D eigenvalue weighted by Crippen LogP contribution is 2.31. The van der Waals surface area contributed by atoms with Gasteiger partial charge in [0.2, 0.25) is 3.79 Å². The van der Waals surface area contributed by atoms with Gasteiger partial charge >= 0.3 is 16.4 Å². The molecule has 1 saturated carbocycles. The molecule has 110 valence electrons. The fourth-order valence-electron chi connectivity index (χ4n) is 2.10. The lowest BCUT2D eigenvalue weighted by atomic mass is 10.2. The van der Waals surface area contributed by atoms with Gasteiger partial charge in [-0.2, -0.15) is 18.2 Å². The molecule has 1 aliphatic heterocycles. The average Bonchev–Trinajstić information content (AvgIpc) is 2.69. The van der Waals surface area contributed by atoms with E-state index in [1.807, 2.05) is 0 Å². The average molecular weight is 354 g/mol. The van der Waals surface area contributed by atoms with Crippen molar-refractivity contribution < 1.29 is 22.2 Å². The number of halogens is 3. The second-order valence-electron chi connectivity index (χ2n) is 4.25. The molecule has 1 amide bonds. The van der Waals surface area contributed by atoms with Gasteiger partial charge in [-0.05, 0) is 19.3 Å². The Labute approximate surface area is 125 Å². The third kappa shape index (κ3) is 3.99. The Kier molecular flexibility index (Phi) is 4.39. The highest BCUT2D eigenvalue weighted by Gasteiger charge is 2.45. The van der Waals surface area contributed by atoms with Crippen LogP contribution < -0.4 is 4.72 Å². The number of nitrogens with one attached hydrogen (secondary N) is 1. The minimum Gasteiger partial charge on any atom is -0.443 e. The predicted octanol–water partition coefficient (Wildman–Crippen LogP) is 1.50. The summed E-state index contributed by atoms with van der Waals surface area (Å²) in [6, 6.07) is -0.787. The topological polar surface area (TPSA) is 84.9 Å². The summed E-state index contributed by atoms with van der Waals surface area (Å²) in [7, 11) is -4.01. The molecule has 0 unspecified atom stereocenters. The normalized spacial score (nSPS) is 29.9. The molecule has 1 aliphatic carbocycles. The van der Waals surface area contributed by atoms with Crippen LogP contribution in [0.4, 0.5) is 4.79 Å². The van der Waals surface area contributed by atoms with Crippen LogP contribution in [0.3, 0.4) is 0 Å². The van der Waals surface area contributed by atoms with E-state index in [1.54, 1.807) is 0 Å². The number of nitrogens with zero attached hydrogens (tertiary/aromatic N) is 1. The van der Waals surface area contributed by atoms with E-state index in [1.165, 1.54) is 0 Å². The standard InChI is InChI=1S/C8H11Cl3N2O5S/c9-8(10,11)4-17-7(14)13-6-3-1-2-5(6)12-19(15,16)18-13/h5-6,12H,1-4H2/t5-,6+/m1/s1. The zero-order valence-electron chi connectivity index (χ0n) is 9.51. The molecule has 19 heavy (non-hydrogen) atoms. The second kappa shape index (κ2) is 5.42. The molecule has 1 saturated heterocycles. The monoisotopic (exact) mass is 352 g/mol. The largest absolute Gasteiger partial charge is 0.443 e. The summed E-state index contributed by atoms with van der Waals surface area (Å²) in [6.07, 6.45) is 1.01. The minimum absolute atomic E-state index is 0.376. The Balaban J connectivity index is 2.06. The van der Waals surface area contributed by atoms with Crippen LogP contribution in [0, 0.1) is 0 Å². The van der Waals surface area contributed by atoms with Gasteiger partial charge in [-0.15, -0.1) is 4.28 Å². The van der Waals surface area contributed by atoms with Gasteiger partial charge in [-0.25, -0.2) is 4.79 Å². The third-order valence-corrected chi connectivity index (χ3v) is 4.07. The summed E-state index contributed by atoms with van der Waals surface area (Å²) >= 11 is 16.3. The van der Waals surface area contributed by atoms with E-state index in [-0.39, 0.29) is 6.04 Å². The van der Waals surface area contributed by atoms with Crippen LogP contribution >= 0.6 is 34.8 Å². The van der Waals surface area contributed by atoms with E-state index in [0.29, 0.717) is 17.9 Å². The van der Waals surface area contributed by atoms with Crippen molar-refractivity contribution in [3.63, 3.8) is 0 Å². The number of hydrogen-bond acceptors (Lipinski definition) is 5. The Morgan fingerprint density at radius 3 is 2.74 bits per heavy atom. The minimum atomic E-state index is -4.01. The van der Waals surface area contributed by atoms with Crippen molar-refractivity contribution >= 4 is 51.2 Å². The first kappa shape index (κ1) is 15.4. The Bertz CT molecular complexity index is 465. The highest BCUT2D eigenvalue weighted by molar-refractivity contribution is 7.84. The van der Waals surface area contributed by atoms with Crippen LogP contribution in [0.15, 0.2) is 0 Å². The van der Waals surface area contributed by atoms with Gasteiger partial charge in [-0.1, -0.05) is 34.8 Å². The van der Waals surface area contributed by atoms with Gasteiger partial charge in [0.25, 0.3) is 0 Å². The Morgan fingerprint density at radius 2 is 2.11 bits per heavy atom. The summed E-state index contributed by atoms with van der Waals surface area (Å²) in [5, 5.41) is 0.694. The fraction of sp³-hybridized carbons (Fsp3) is 0.875. The molecule has 1 N–H and O–H groups in total. The van der Waals surface area contributed by atoms with Crippen LogP contribution in [0.5, 0.6) is 0 Å². The summed E-state index contributed by atoms with van der Waals surface area (Å²) in [5.41, 5.74) is 0. The molecule has 0 aromatic rings. The number of hydrogen-bond donors (Lipinski definition) is 1. The summed E-state index contributed by atoms with van der Waals surface area (Å²) in [6.45, 7) is -0.499. The predicted molar refractivity (Wildman–Crippen MR) is 68.0 cm³/mol. The van der Waals surface area contributed by atoms with Crippen molar-refractivity contribution in [1.29, 1.82) is 0 Å². The van der Waals surface area contributed by atoms with Crippen LogP contribution in [0.2, 0.25) is 0 Å². The molecule has 1 heterocycles. The van der Waals surface area contributed by atoms with E-state index < -0.39 is 32.8 Å². The molecule has 2 fully saturated rings. The van der Waals surface area contributed by atoms with E-state index >= 15 is 0 Å². The molecular formula is C8H11Cl3N2O5S. The number of carbonyl (C=O) groups is 1. The van der Waals surface area contributed by atoms with Crippen molar-refractivity contribution in [3.8, 4) is 0 Å². The summed E-state index contributed by atoms with van der Waals surface area (Å²) in [4.78, 5) is 11.8. The number of amides is 1. The SMILES string of the molecule is O=C(OCC(Cl)(Cl)Cl)N1OS(=O)(=O)N[C@@H]2CCC[C@@H]21. The molecule has 2 rings (SSSR count). The van der Waals surface area contributed by atoms with Crippen molar-refractivity contribution in [2.75, 3.05) is 6.61 Å². The zero-order valence-corrected chi connectivity index (χ0v) is 12.6. The van der Waals surface area contributed by atoms with Gasteiger partial charge in [0.05, 0.1) is 6.04 Å². The molecule has 7 nitrogen and oxygen atoms in total. The molecule has 0 spiro atoms. The Morgan fingerprint density at radius 1 is 1.42 bits per heavy atom. The lowest BCUT2D eigenvalue weighted by Crippen LogP contribution is -2.58. The maximum Gasteiger partial charge on any atom is 0.435 e. The van der Waals surface area contributed by atoms with Gasteiger partial charge in [0.15, 0.2) is 0 Å². The number of carbonyl (C=O) groups excluding carboxylic acids is 1. The molecule has 2 atom stereocenters. The quantitative estimate of drug-likeness (QED) is 0.722. The second-order valence-corrected chi connectivity index (χ2v) is 8.06. The molecule has 0 aromatic heterocycles. The first-order valence-corrected chi connectivity index (χ1v) is 7.97. The smallest absolute Gasteiger partial charge is 0.435 e. The molecule has 0 radical (unpaired) electrons. The van der Waals surface area contributed by atoms with Gasteiger partial charge < -0.3 is 4.74 Å². The maximum atomic E-state index is 11.8.